The van der Waals surface area contributed by atoms with E-state index in [0.29, 0.717) is 34.9 Å². The van der Waals surface area contributed by atoms with E-state index in [0.717, 1.165) is 0 Å². The Kier molecular flexibility index (Phi) is 5.92. The molecule has 0 spiro atoms. The van der Waals surface area contributed by atoms with E-state index in [1.165, 1.54) is 0 Å². The van der Waals surface area contributed by atoms with Crippen LogP contribution in [0.5, 0.6) is 0 Å². The van der Waals surface area contributed by atoms with Crippen LogP contribution in [0.25, 0.3) is 0 Å². The van der Waals surface area contributed by atoms with Gasteiger partial charge in [0.25, 0.3) is 0 Å². The molecule has 0 aromatic heterocycles. The lowest BCUT2D eigenvalue weighted by atomic mass is 10.1. The van der Waals surface area contributed by atoms with E-state index >= 15 is 0 Å². The van der Waals surface area contributed by atoms with Crippen molar-refractivity contribution < 1.29 is 14.6 Å². The molecule has 0 fully saturated rings. The molecule has 0 saturated heterocycles. The Bertz CT molecular complexity index is 452. The number of anilines is 2. The molecule has 0 bridgehead atoms. The van der Waals surface area contributed by atoms with Gasteiger partial charge in [-0.1, -0.05) is 11.6 Å². The predicted octanol–water partition coefficient (Wildman–Crippen LogP) is 1.92. The molecule has 0 heterocycles. The van der Waals surface area contributed by atoms with Crippen LogP contribution in [-0.2, 0) is 4.74 Å². The SMILES string of the molecule is CCOC(=O)c1cc(N)cc(Cl)c1N(C)CCCO. The number of hydrogen-bond donors (Lipinski definition) is 2. The Morgan fingerprint density at radius 1 is 1.53 bits per heavy atom. The number of ether oxygens (including phenoxy) is 1. The number of rotatable bonds is 6. The van der Waals surface area contributed by atoms with Crippen LogP contribution in [0.3, 0.4) is 0 Å². The molecule has 0 aliphatic carbocycles. The summed E-state index contributed by atoms with van der Waals surface area (Å²) in [6.45, 7) is 2.67. The molecule has 0 aliphatic heterocycles. The van der Waals surface area contributed by atoms with Gasteiger partial charge in [-0.3, -0.25) is 0 Å². The van der Waals surface area contributed by atoms with Gasteiger partial charge in [0.2, 0.25) is 0 Å². The van der Waals surface area contributed by atoms with Crippen molar-refractivity contribution in [1.29, 1.82) is 0 Å². The maximum Gasteiger partial charge on any atom is 0.340 e. The molecule has 0 amide bonds. The van der Waals surface area contributed by atoms with Crippen molar-refractivity contribution in [3.05, 3.63) is 22.7 Å². The third kappa shape index (κ3) is 4.01. The van der Waals surface area contributed by atoms with Crippen LogP contribution in [-0.4, -0.2) is 37.9 Å². The summed E-state index contributed by atoms with van der Waals surface area (Å²) in [5, 5.41) is 9.26. The number of halogens is 1. The zero-order chi connectivity index (χ0) is 14.4. The summed E-state index contributed by atoms with van der Waals surface area (Å²) >= 11 is 6.16. The van der Waals surface area contributed by atoms with Crippen LogP contribution < -0.4 is 10.6 Å². The Morgan fingerprint density at radius 3 is 2.79 bits per heavy atom. The minimum atomic E-state index is -0.456. The predicted molar refractivity (Wildman–Crippen MR) is 76.8 cm³/mol. The van der Waals surface area contributed by atoms with Gasteiger partial charge in [-0.15, -0.1) is 0 Å². The van der Waals surface area contributed by atoms with E-state index in [2.05, 4.69) is 0 Å². The lowest BCUT2D eigenvalue weighted by molar-refractivity contribution is 0.0527. The first-order valence-electron chi connectivity index (χ1n) is 6.09. The highest BCUT2D eigenvalue weighted by atomic mass is 35.5. The second-order valence-corrected chi connectivity index (χ2v) is 4.53. The fourth-order valence-corrected chi connectivity index (χ4v) is 2.16. The normalized spacial score (nSPS) is 10.3. The van der Waals surface area contributed by atoms with Crippen molar-refractivity contribution in [3.8, 4) is 0 Å². The molecule has 5 nitrogen and oxygen atoms in total. The fraction of sp³-hybridized carbons (Fsp3) is 0.462. The summed E-state index contributed by atoms with van der Waals surface area (Å²) in [5.41, 5.74) is 7.03. The van der Waals surface area contributed by atoms with E-state index < -0.39 is 5.97 Å². The van der Waals surface area contributed by atoms with Crippen LogP contribution >= 0.6 is 11.6 Å². The quantitative estimate of drug-likeness (QED) is 0.617. The van der Waals surface area contributed by atoms with E-state index in [1.807, 2.05) is 4.90 Å². The molecule has 6 heteroatoms. The second kappa shape index (κ2) is 7.21. The smallest absolute Gasteiger partial charge is 0.340 e. The fourth-order valence-electron chi connectivity index (χ4n) is 1.79. The number of aliphatic hydroxyl groups is 1. The van der Waals surface area contributed by atoms with Gasteiger partial charge in [0, 0.05) is 25.9 Å². The van der Waals surface area contributed by atoms with Gasteiger partial charge in [-0.25, -0.2) is 4.79 Å². The Morgan fingerprint density at radius 2 is 2.21 bits per heavy atom. The number of esters is 1. The first-order chi connectivity index (χ1) is 9.01. The van der Waals surface area contributed by atoms with Crippen molar-refractivity contribution >= 4 is 28.9 Å². The minimum absolute atomic E-state index is 0.0751. The number of aliphatic hydroxyl groups excluding tert-OH is 1. The molecule has 1 aromatic rings. The van der Waals surface area contributed by atoms with Crippen molar-refractivity contribution in [2.24, 2.45) is 0 Å². The van der Waals surface area contributed by atoms with Gasteiger partial charge in [0.05, 0.1) is 22.9 Å². The van der Waals surface area contributed by atoms with Gasteiger partial charge >= 0.3 is 5.97 Å². The van der Waals surface area contributed by atoms with Gasteiger partial charge in [-0.2, -0.15) is 0 Å². The first-order valence-corrected chi connectivity index (χ1v) is 6.47. The first kappa shape index (κ1) is 15.6. The maximum atomic E-state index is 11.9. The molecule has 0 atom stereocenters. The number of nitrogen functional groups attached to an aromatic ring is 1. The van der Waals surface area contributed by atoms with E-state index in [4.69, 9.17) is 27.2 Å². The van der Waals surface area contributed by atoms with Crippen molar-refractivity contribution in [1.82, 2.24) is 0 Å². The summed E-state index contributed by atoms with van der Waals surface area (Å²) in [5.74, 6) is -0.456. The summed E-state index contributed by atoms with van der Waals surface area (Å²) in [6.07, 6.45) is 0.583. The van der Waals surface area contributed by atoms with Crippen LogP contribution in [0.1, 0.15) is 23.7 Å². The van der Waals surface area contributed by atoms with Crippen LogP contribution in [0.4, 0.5) is 11.4 Å². The van der Waals surface area contributed by atoms with Crippen LogP contribution in [0.15, 0.2) is 12.1 Å². The standard InChI is InChI=1S/C13H19ClN2O3/c1-3-19-13(18)10-7-9(15)8-11(14)12(10)16(2)5-4-6-17/h7-8,17H,3-6,15H2,1-2H3. The second-order valence-electron chi connectivity index (χ2n) is 4.12. The average molecular weight is 287 g/mol. The summed E-state index contributed by atoms with van der Waals surface area (Å²) in [4.78, 5) is 13.7. The zero-order valence-electron chi connectivity index (χ0n) is 11.1. The number of hydrogen-bond acceptors (Lipinski definition) is 5. The molecule has 1 rings (SSSR count). The highest BCUT2D eigenvalue weighted by molar-refractivity contribution is 6.34. The molecule has 3 N–H and O–H groups in total. The van der Waals surface area contributed by atoms with Gasteiger partial charge in [-0.05, 0) is 25.5 Å². The molecular weight excluding hydrogens is 268 g/mol. The van der Waals surface area contributed by atoms with Crippen molar-refractivity contribution in [2.75, 3.05) is 37.4 Å². The van der Waals surface area contributed by atoms with E-state index in [1.54, 1.807) is 26.1 Å². The summed E-state index contributed by atoms with van der Waals surface area (Å²) in [6, 6.07) is 3.14. The van der Waals surface area contributed by atoms with Crippen molar-refractivity contribution in [2.45, 2.75) is 13.3 Å². The number of benzene rings is 1. The topological polar surface area (TPSA) is 75.8 Å². The van der Waals surface area contributed by atoms with Crippen LogP contribution in [0.2, 0.25) is 5.02 Å². The molecule has 0 unspecified atom stereocenters. The zero-order valence-corrected chi connectivity index (χ0v) is 11.9. The number of carbonyl (C=O) groups is 1. The highest BCUT2D eigenvalue weighted by Crippen LogP contribution is 2.32. The Balaban J connectivity index is 3.16. The molecule has 0 aliphatic rings. The summed E-state index contributed by atoms with van der Waals surface area (Å²) in [7, 11) is 1.80. The number of nitrogens with zero attached hydrogens (tertiary/aromatic N) is 1. The molecule has 0 radical (unpaired) electrons. The molecule has 106 valence electrons. The van der Waals surface area contributed by atoms with E-state index in [9.17, 15) is 4.79 Å². The monoisotopic (exact) mass is 286 g/mol. The Hall–Kier alpha value is -1.46. The molecular formula is C13H19ClN2O3. The lowest BCUT2D eigenvalue weighted by Crippen LogP contribution is -2.23. The number of nitrogens with two attached hydrogens (primary N) is 1. The molecule has 19 heavy (non-hydrogen) atoms. The largest absolute Gasteiger partial charge is 0.462 e. The Labute approximate surface area is 117 Å². The maximum absolute atomic E-state index is 11.9. The number of carbonyl (C=O) groups excluding carboxylic acids is 1. The third-order valence-corrected chi connectivity index (χ3v) is 2.90. The lowest BCUT2D eigenvalue weighted by Gasteiger charge is -2.23. The van der Waals surface area contributed by atoms with Crippen LogP contribution in [0, 0.1) is 0 Å². The third-order valence-electron chi connectivity index (χ3n) is 2.61. The molecule has 0 saturated carbocycles. The van der Waals surface area contributed by atoms with Gasteiger partial charge in [0.1, 0.15) is 0 Å². The molecule has 1 aromatic carbocycles. The average Bonchev–Trinajstić information content (AvgIpc) is 2.35. The van der Waals surface area contributed by atoms with Crippen molar-refractivity contribution in [3.63, 3.8) is 0 Å². The highest BCUT2D eigenvalue weighted by Gasteiger charge is 2.19. The minimum Gasteiger partial charge on any atom is -0.462 e. The summed E-state index contributed by atoms with van der Waals surface area (Å²) < 4.78 is 5.00. The van der Waals surface area contributed by atoms with Gasteiger partial charge in [0.15, 0.2) is 0 Å². The van der Waals surface area contributed by atoms with Gasteiger partial charge < -0.3 is 20.5 Å². The van der Waals surface area contributed by atoms with E-state index in [-0.39, 0.29) is 13.2 Å².